The monoisotopic (exact) mass is 179 g/mol. The lowest BCUT2D eigenvalue weighted by atomic mass is 10.7. The van der Waals surface area contributed by atoms with Crippen molar-refractivity contribution in [2.45, 2.75) is 0 Å². The van der Waals surface area contributed by atoms with Gasteiger partial charge in [-0.1, -0.05) is 0 Å². The summed E-state index contributed by atoms with van der Waals surface area (Å²) in [5, 5.41) is 10.7. The molecule has 74 valence electrons. The molecule has 0 saturated heterocycles. The maximum atomic E-state index is 9.47. The minimum atomic E-state index is -0.933. The molecule has 0 rings (SSSR count). The summed E-state index contributed by atoms with van der Waals surface area (Å²) in [6.07, 6.45) is 0. The maximum absolute atomic E-state index is 9.47. The Bertz CT molecular complexity index is 93.4. The van der Waals surface area contributed by atoms with E-state index in [1.165, 1.54) is 7.11 Å². The van der Waals surface area contributed by atoms with E-state index in [9.17, 15) is 4.79 Å². The van der Waals surface area contributed by atoms with Gasteiger partial charge in [0.15, 0.2) is 0 Å². The van der Waals surface area contributed by atoms with E-state index in [-0.39, 0.29) is 6.61 Å². The molecule has 5 nitrogen and oxygen atoms in total. The third kappa shape index (κ3) is 22.8. The molecule has 0 unspecified atom stereocenters. The molecule has 0 aromatic carbocycles. The molecule has 0 spiro atoms. The number of methoxy groups -OCH3 is 2. The SMILES string of the molecule is CNCCOC.COCC(=O)O. The Morgan fingerprint density at radius 3 is 2.08 bits per heavy atom. The predicted molar refractivity (Wildman–Crippen MR) is 45.3 cm³/mol. The number of carboxylic acids is 1. The summed E-state index contributed by atoms with van der Waals surface area (Å²) in [4.78, 5) is 9.47. The normalized spacial score (nSPS) is 8.58. The highest BCUT2D eigenvalue weighted by molar-refractivity contribution is 5.67. The van der Waals surface area contributed by atoms with Crippen LogP contribution in [0.2, 0.25) is 0 Å². The lowest BCUT2D eigenvalue weighted by molar-refractivity contribution is -0.141. The van der Waals surface area contributed by atoms with Crippen LogP contribution in [0.5, 0.6) is 0 Å². The fourth-order valence-electron chi connectivity index (χ4n) is 0.328. The van der Waals surface area contributed by atoms with Gasteiger partial charge in [0, 0.05) is 20.8 Å². The second kappa shape index (κ2) is 13.0. The zero-order valence-electron chi connectivity index (χ0n) is 7.79. The second-order valence-corrected chi connectivity index (χ2v) is 1.92. The minimum absolute atomic E-state index is 0.208. The van der Waals surface area contributed by atoms with Gasteiger partial charge in [-0.15, -0.1) is 0 Å². The lowest BCUT2D eigenvalue weighted by Gasteiger charge is -1.92. The smallest absolute Gasteiger partial charge is 0.329 e. The summed E-state index contributed by atoms with van der Waals surface area (Å²) in [6.45, 7) is 1.53. The zero-order chi connectivity index (χ0) is 9.82. The van der Waals surface area contributed by atoms with Crippen LogP contribution in [0.15, 0.2) is 0 Å². The van der Waals surface area contributed by atoms with E-state index in [0.717, 1.165) is 13.2 Å². The molecule has 12 heavy (non-hydrogen) atoms. The first-order valence-electron chi connectivity index (χ1n) is 3.53. The number of carbonyl (C=O) groups is 1. The third-order valence-electron chi connectivity index (χ3n) is 0.824. The van der Waals surface area contributed by atoms with Gasteiger partial charge >= 0.3 is 5.97 Å². The Labute approximate surface area is 72.7 Å². The van der Waals surface area contributed by atoms with Crippen molar-refractivity contribution in [3.05, 3.63) is 0 Å². The summed E-state index contributed by atoms with van der Waals surface area (Å²) in [6, 6.07) is 0. The Kier molecular flexibility index (Phi) is 15.0. The van der Waals surface area contributed by atoms with Gasteiger partial charge in [0.05, 0.1) is 6.61 Å². The van der Waals surface area contributed by atoms with Crippen LogP contribution in [0, 0.1) is 0 Å². The Hall–Kier alpha value is -0.650. The van der Waals surface area contributed by atoms with E-state index in [0.29, 0.717) is 0 Å². The van der Waals surface area contributed by atoms with Crippen molar-refractivity contribution in [3.8, 4) is 0 Å². The molecule has 0 aliphatic rings. The van der Waals surface area contributed by atoms with E-state index in [2.05, 4.69) is 10.1 Å². The molecule has 0 aliphatic heterocycles. The van der Waals surface area contributed by atoms with Gasteiger partial charge < -0.3 is 19.9 Å². The first-order chi connectivity index (χ1) is 5.68. The first-order valence-corrected chi connectivity index (χ1v) is 3.53. The van der Waals surface area contributed by atoms with Gasteiger partial charge in [-0.3, -0.25) is 0 Å². The van der Waals surface area contributed by atoms with Crippen LogP contribution in [0.4, 0.5) is 0 Å². The number of hydrogen-bond acceptors (Lipinski definition) is 4. The second-order valence-electron chi connectivity index (χ2n) is 1.92. The first kappa shape index (κ1) is 13.9. The van der Waals surface area contributed by atoms with Crippen molar-refractivity contribution in [1.29, 1.82) is 0 Å². The van der Waals surface area contributed by atoms with Gasteiger partial charge in [0.2, 0.25) is 0 Å². The summed E-state index contributed by atoms with van der Waals surface area (Å²) in [5.74, 6) is -0.933. The van der Waals surface area contributed by atoms with E-state index < -0.39 is 5.97 Å². The number of nitrogens with one attached hydrogen (secondary N) is 1. The standard InChI is InChI=1S/C4H11NO.C3H6O3/c1-5-3-4-6-2;1-6-2-3(4)5/h5H,3-4H2,1-2H3;2H2,1H3,(H,4,5). The largest absolute Gasteiger partial charge is 0.480 e. The molecule has 0 heterocycles. The highest BCUT2D eigenvalue weighted by Gasteiger charge is 1.87. The predicted octanol–water partition coefficient (Wildman–Crippen LogP) is -0.430. The number of rotatable bonds is 5. The summed E-state index contributed by atoms with van der Waals surface area (Å²) in [7, 11) is 4.94. The van der Waals surface area contributed by atoms with Gasteiger partial charge in [0.1, 0.15) is 6.61 Å². The summed E-state index contributed by atoms with van der Waals surface area (Å²) >= 11 is 0. The van der Waals surface area contributed by atoms with Crippen LogP contribution in [0.3, 0.4) is 0 Å². The molecule has 0 bridgehead atoms. The number of carboxylic acid groups (broad SMARTS) is 1. The van der Waals surface area contributed by atoms with Crippen molar-refractivity contribution in [3.63, 3.8) is 0 Å². The van der Waals surface area contributed by atoms with Crippen LogP contribution in [-0.4, -0.2) is 52.1 Å². The van der Waals surface area contributed by atoms with Crippen LogP contribution in [0.1, 0.15) is 0 Å². The fourth-order valence-corrected chi connectivity index (χ4v) is 0.328. The highest BCUT2D eigenvalue weighted by atomic mass is 16.5. The average Bonchev–Trinajstić information content (AvgIpc) is 2.02. The number of aliphatic carboxylic acids is 1. The van der Waals surface area contributed by atoms with Crippen LogP contribution in [0.25, 0.3) is 0 Å². The maximum Gasteiger partial charge on any atom is 0.329 e. The summed E-state index contributed by atoms with van der Waals surface area (Å²) < 4.78 is 8.92. The van der Waals surface area contributed by atoms with Gasteiger partial charge in [-0.2, -0.15) is 0 Å². The molecule has 0 fully saturated rings. The Balaban J connectivity index is 0. The Morgan fingerprint density at radius 2 is 2.00 bits per heavy atom. The van der Waals surface area contributed by atoms with Gasteiger partial charge in [-0.05, 0) is 7.05 Å². The van der Waals surface area contributed by atoms with E-state index in [1.54, 1.807) is 7.11 Å². The van der Waals surface area contributed by atoms with Crippen molar-refractivity contribution in [2.24, 2.45) is 0 Å². The molecule has 0 amide bonds. The molecule has 2 N–H and O–H groups in total. The summed E-state index contributed by atoms with van der Waals surface area (Å²) in [5.41, 5.74) is 0. The van der Waals surface area contributed by atoms with E-state index >= 15 is 0 Å². The van der Waals surface area contributed by atoms with Crippen LogP contribution < -0.4 is 5.32 Å². The minimum Gasteiger partial charge on any atom is -0.480 e. The number of ether oxygens (including phenoxy) is 2. The molecule has 5 heteroatoms. The number of likely N-dealkylation sites (N-methyl/N-ethyl adjacent to an activating group) is 1. The molecule has 0 aromatic heterocycles. The third-order valence-corrected chi connectivity index (χ3v) is 0.824. The highest BCUT2D eigenvalue weighted by Crippen LogP contribution is 1.61. The van der Waals surface area contributed by atoms with Gasteiger partial charge in [0.25, 0.3) is 0 Å². The van der Waals surface area contributed by atoms with E-state index in [4.69, 9.17) is 9.84 Å². The fraction of sp³-hybridized carbons (Fsp3) is 0.857. The zero-order valence-corrected chi connectivity index (χ0v) is 7.79. The molecular formula is C7H17NO4. The van der Waals surface area contributed by atoms with Crippen molar-refractivity contribution < 1.29 is 19.4 Å². The van der Waals surface area contributed by atoms with Gasteiger partial charge in [-0.25, -0.2) is 4.79 Å². The lowest BCUT2D eigenvalue weighted by Crippen LogP contribution is -2.12. The molecule has 0 aliphatic carbocycles. The Morgan fingerprint density at radius 1 is 1.42 bits per heavy atom. The number of hydrogen-bond donors (Lipinski definition) is 2. The molecule has 0 saturated carbocycles. The topological polar surface area (TPSA) is 67.8 Å². The molecule has 0 atom stereocenters. The van der Waals surface area contributed by atoms with Crippen molar-refractivity contribution >= 4 is 5.97 Å². The van der Waals surface area contributed by atoms with Crippen LogP contribution in [-0.2, 0) is 14.3 Å². The van der Waals surface area contributed by atoms with Crippen molar-refractivity contribution in [2.75, 3.05) is 41.0 Å². The van der Waals surface area contributed by atoms with Crippen molar-refractivity contribution in [1.82, 2.24) is 5.32 Å². The molecular weight excluding hydrogens is 162 g/mol. The molecule has 0 aromatic rings. The molecule has 0 radical (unpaired) electrons. The van der Waals surface area contributed by atoms with E-state index in [1.807, 2.05) is 7.05 Å². The van der Waals surface area contributed by atoms with Crippen LogP contribution >= 0.6 is 0 Å². The average molecular weight is 179 g/mol. The quantitative estimate of drug-likeness (QED) is 0.560.